The number of nitrogens with zero attached hydrogens (tertiary/aromatic N) is 2. The van der Waals surface area contributed by atoms with Crippen LogP contribution in [0.5, 0.6) is 0 Å². The molecule has 2 fully saturated rings. The molecule has 1 saturated carbocycles. The van der Waals surface area contributed by atoms with Gasteiger partial charge in [-0.15, -0.1) is 0 Å². The maximum atomic E-state index is 13.8. The minimum Gasteiger partial charge on any atom is -0.393 e. The van der Waals surface area contributed by atoms with Gasteiger partial charge in [-0.05, 0) is 40.8 Å². The zero-order valence-electron chi connectivity index (χ0n) is 9.31. The first-order chi connectivity index (χ1) is 8.15. The summed E-state index contributed by atoms with van der Waals surface area (Å²) < 4.78 is 14.4. The molecule has 1 N–H and O–H groups in total. The monoisotopic (exact) mass is 300 g/mol. The first-order valence-electron chi connectivity index (χ1n) is 5.89. The number of hydrogen-bond acceptors (Lipinski definition) is 3. The number of halogens is 2. The fraction of sp³-hybridized carbons (Fsp3) is 0.583. The number of fused-ring (bicyclic) bond motifs is 1. The number of rotatable bonds is 1. The lowest BCUT2D eigenvalue weighted by Gasteiger charge is -2.19. The summed E-state index contributed by atoms with van der Waals surface area (Å²) in [5.41, 5.74) is 0. The molecule has 92 valence electrons. The first-order valence-corrected chi connectivity index (χ1v) is 6.68. The molecule has 0 amide bonds. The molecule has 0 bridgehead atoms. The van der Waals surface area contributed by atoms with E-state index in [0.717, 1.165) is 25.9 Å². The Hall–Kier alpha value is -0.680. The van der Waals surface area contributed by atoms with Crippen LogP contribution in [0.15, 0.2) is 16.7 Å². The van der Waals surface area contributed by atoms with Crippen molar-refractivity contribution in [1.82, 2.24) is 4.98 Å². The Balaban J connectivity index is 1.83. The van der Waals surface area contributed by atoms with Gasteiger partial charge in [-0.1, -0.05) is 0 Å². The molecule has 1 aliphatic carbocycles. The normalized spacial score (nSPS) is 31.9. The van der Waals surface area contributed by atoms with Crippen molar-refractivity contribution >= 4 is 21.7 Å². The third-order valence-electron chi connectivity index (χ3n) is 3.91. The average Bonchev–Trinajstić information content (AvgIpc) is 2.81. The molecule has 0 radical (unpaired) electrons. The fourth-order valence-electron chi connectivity index (χ4n) is 3.05. The van der Waals surface area contributed by atoms with E-state index in [1.807, 2.05) is 4.90 Å². The van der Waals surface area contributed by atoms with Crippen molar-refractivity contribution in [2.24, 2.45) is 11.8 Å². The van der Waals surface area contributed by atoms with Crippen LogP contribution in [0.2, 0.25) is 0 Å². The fourth-order valence-corrected chi connectivity index (χ4v) is 3.35. The van der Waals surface area contributed by atoms with Gasteiger partial charge in [0.2, 0.25) is 0 Å². The molecule has 3 nitrogen and oxygen atoms in total. The molecule has 3 rings (SSSR count). The lowest BCUT2D eigenvalue weighted by atomic mass is 10.00. The summed E-state index contributed by atoms with van der Waals surface area (Å²) in [4.78, 5) is 6.09. The van der Waals surface area contributed by atoms with Crippen LogP contribution in [0.3, 0.4) is 0 Å². The molecule has 1 aromatic heterocycles. The van der Waals surface area contributed by atoms with Gasteiger partial charge in [0.05, 0.1) is 6.10 Å². The quantitative estimate of drug-likeness (QED) is 0.864. The number of pyridine rings is 1. The van der Waals surface area contributed by atoms with E-state index in [0.29, 0.717) is 22.1 Å². The van der Waals surface area contributed by atoms with Crippen LogP contribution in [0, 0.1) is 17.7 Å². The predicted molar refractivity (Wildman–Crippen MR) is 66.3 cm³/mol. The van der Waals surface area contributed by atoms with Crippen molar-refractivity contribution in [2.75, 3.05) is 18.0 Å². The zero-order valence-corrected chi connectivity index (χ0v) is 10.9. The maximum Gasteiger partial charge on any atom is 0.166 e. The summed E-state index contributed by atoms with van der Waals surface area (Å²) in [6.45, 7) is 1.53. The molecule has 3 atom stereocenters. The van der Waals surface area contributed by atoms with Crippen LogP contribution in [0.25, 0.3) is 0 Å². The van der Waals surface area contributed by atoms with Crippen LogP contribution in [-0.4, -0.2) is 29.3 Å². The summed E-state index contributed by atoms with van der Waals surface area (Å²) in [6, 6.07) is 1.44. The van der Waals surface area contributed by atoms with Crippen molar-refractivity contribution in [2.45, 2.75) is 18.9 Å². The average molecular weight is 301 g/mol. The van der Waals surface area contributed by atoms with Gasteiger partial charge in [0.1, 0.15) is 0 Å². The molecule has 3 unspecified atom stereocenters. The van der Waals surface area contributed by atoms with E-state index in [2.05, 4.69) is 20.9 Å². The summed E-state index contributed by atoms with van der Waals surface area (Å²) in [7, 11) is 0. The Morgan fingerprint density at radius 3 is 2.94 bits per heavy atom. The summed E-state index contributed by atoms with van der Waals surface area (Å²) in [5, 5.41) is 9.83. The highest BCUT2D eigenvalue weighted by atomic mass is 79.9. The van der Waals surface area contributed by atoms with Gasteiger partial charge in [0.25, 0.3) is 0 Å². The Morgan fingerprint density at radius 1 is 1.41 bits per heavy atom. The summed E-state index contributed by atoms with van der Waals surface area (Å²) >= 11 is 3.20. The van der Waals surface area contributed by atoms with Gasteiger partial charge in [-0.2, -0.15) is 0 Å². The second-order valence-electron chi connectivity index (χ2n) is 4.93. The van der Waals surface area contributed by atoms with Crippen molar-refractivity contribution < 1.29 is 9.50 Å². The van der Waals surface area contributed by atoms with Gasteiger partial charge in [0, 0.05) is 29.7 Å². The second kappa shape index (κ2) is 4.21. The van der Waals surface area contributed by atoms with Crippen LogP contribution < -0.4 is 4.90 Å². The number of aliphatic hydroxyl groups is 1. The van der Waals surface area contributed by atoms with Crippen LogP contribution in [0.4, 0.5) is 10.2 Å². The largest absolute Gasteiger partial charge is 0.393 e. The molecule has 2 aliphatic rings. The van der Waals surface area contributed by atoms with E-state index in [1.54, 1.807) is 6.20 Å². The van der Waals surface area contributed by atoms with E-state index < -0.39 is 0 Å². The van der Waals surface area contributed by atoms with Gasteiger partial charge in [-0.3, -0.25) is 0 Å². The topological polar surface area (TPSA) is 36.4 Å². The van der Waals surface area contributed by atoms with E-state index >= 15 is 0 Å². The molecule has 0 spiro atoms. The standard InChI is InChI=1S/C12H14BrFN2O/c13-8-3-10(14)12(15-4-8)16-5-7-1-2-11(17)9(7)6-16/h3-4,7,9,11,17H,1-2,5-6H2. The number of anilines is 1. The van der Waals surface area contributed by atoms with Crippen molar-refractivity contribution in [1.29, 1.82) is 0 Å². The Bertz CT molecular complexity index is 443. The third kappa shape index (κ3) is 1.95. The number of aromatic nitrogens is 1. The highest BCUT2D eigenvalue weighted by Crippen LogP contribution is 2.39. The SMILES string of the molecule is OC1CCC2CN(c3ncc(Br)cc3F)CC12. The van der Waals surface area contributed by atoms with Gasteiger partial charge in [0.15, 0.2) is 11.6 Å². The summed E-state index contributed by atoms with van der Waals surface area (Å²) in [6.07, 6.45) is 3.33. The molecule has 1 aliphatic heterocycles. The van der Waals surface area contributed by atoms with E-state index in [1.165, 1.54) is 6.07 Å². The van der Waals surface area contributed by atoms with Crippen LogP contribution >= 0.6 is 15.9 Å². The Labute approximate surface area is 108 Å². The highest BCUT2D eigenvalue weighted by molar-refractivity contribution is 9.10. The zero-order chi connectivity index (χ0) is 12.0. The smallest absolute Gasteiger partial charge is 0.166 e. The van der Waals surface area contributed by atoms with Crippen LogP contribution in [-0.2, 0) is 0 Å². The number of aliphatic hydroxyl groups excluding tert-OH is 1. The van der Waals surface area contributed by atoms with E-state index in [-0.39, 0.29) is 11.9 Å². The van der Waals surface area contributed by atoms with Gasteiger partial charge in [-0.25, -0.2) is 9.37 Å². The first kappa shape index (κ1) is 11.4. The molecule has 17 heavy (non-hydrogen) atoms. The minimum atomic E-state index is -0.297. The number of hydrogen-bond donors (Lipinski definition) is 1. The van der Waals surface area contributed by atoms with Gasteiger partial charge < -0.3 is 10.0 Å². The van der Waals surface area contributed by atoms with E-state index in [4.69, 9.17) is 0 Å². The van der Waals surface area contributed by atoms with Crippen LogP contribution in [0.1, 0.15) is 12.8 Å². The van der Waals surface area contributed by atoms with Crippen molar-refractivity contribution in [3.05, 3.63) is 22.6 Å². The maximum absolute atomic E-state index is 13.8. The molecular formula is C12H14BrFN2O. The second-order valence-corrected chi connectivity index (χ2v) is 5.85. The van der Waals surface area contributed by atoms with E-state index in [9.17, 15) is 9.50 Å². The lowest BCUT2D eigenvalue weighted by Crippen LogP contribution is -2.25. The molecule has 1 aromatic rings. The lowest BCUT2D eigenvalue weighted by molar-refractivity contribution is 0.133. The summed E-state index contributed by atoms with van der Waals surface area (Å²) in [5.74, 6) is 0.901. The molecule has 2 heterocycles. The molecule has 1 saturated heterocycles. The predicted octanol–water partition coefficient (Wildman–Crippen LogP) is 2.19. The van der Waals surface area contributed by atoms with Gasteiger partial charge >= 0.3 is 0 Å². The highest BCUT2D eigenvalue weighted by Gasteiger charge is 2.42. The Morgan fingerprint density at radius 2 is 2.24 bits per heavy atom. The van der Waals surface area contributed by atoms with Crippen molar-refractivity contribution in [3.8, 4) is 0 Å². The molecule has 5 heteroatoms. The Kier molecular flexibility index (Phi) is 2.83. The molecule has 0 aromatic carbocycles. The third-order valence-corrected chi connectivity index (χ3v) is 4.34. The molecular weight excluding hydrogens is 287 g/mol. The minimum absolute atomic E-state index is 0.219. The van der Waals surface area contributed by atoms with Crippen molar-refractivity contribution in [3.63, 3.8) is 0 Å².